The Morgan fingerprint density at radius 3 is 2.41 bits per heavy atom. The molecule has 0 fully saturated rings. The van der Waals surface area contributed by atoms with Gasteiger partial charge in [-0.05, 0) is 43.2 Å². The lowest BCUT2D eigenvalue weighted by Crippen LogP contribution is -2.33. The van der Waals surface area contributed by atoms with Crippen molar-refractivity contribution < 1.29 is 9.59 Å². The number of nitrogens with one attached hydrogen (secondary N) is 2. The number of hydrogen-bond acceptors (Lipinski definition) is 4. The minimum absolute atomic E-state index is 0.103. The summed E-state index contributed by atoms with van der Waals surface area (Å²) in [5.74, 6) is -0.819. The largest absolute Gasteiger partial charge is 0.354 e. The Bertz CT molecular complexity index is 1100. The van der Waals surface area contributed by atoms with E-state index in [1.54, 1.807) is 30.3 Å². The number of hydrogen-bond donors (Lipinski definition) is 2. The average Bonchev–Trinajstić information content (AvgIpc) is 2.66. The lowest BCUT2D eigenvalue weighted by atomic mass is 10.1. The summed E-state index contributed by atoms with van der Waals surface area (Å²) in [6, 6.07) is 12.3. The molecule has 7 heteroatoms. The summed E-state index contributed by atoms with van der Waals surface area (Å²) in [4.78, 5) is 37.2. The van der Waals surface area contributed by atoms with Crippen LogP contribution in [0.25, 0.3) is 10.8 Å². The van der Waals surface area contributed by atoms with Crippen molar-refractivity contribution in [3.63, 3.8) is 0 Å². The zero-order valence-corrected chi connectivity index (χ0v) is 15.4. The van der Waals surface area contributed by atoms with Crippen molar-refractivity contribution in [3.05, 3.63) is 69.6 Å². The van der Waals surface area contributed by atoms with Gasteiger partial charge in [-0.25, -0.2) is 4.68 Å². The van der Waals surface area contributed by atoms with Crippen LogP contribution in [-0.2, 0) is 11.3 Å². The van der Waals surface area contributed by atoms with E-state index in [2.05, 4.69) is 15.7 Å². The van der Waals surface area contributed by atoms with Gasteiger partial charge in [0.2, 0.25) is 5.91 Å². The van der Waals surface area contributed by atoms with Crippen LogP contribution in [0.15, 0.2) is 47.3 Å². The van der Waals surface area contributed by atoms with E-state index in [1.165, 1.54) is 7.05 Å². The number of nitrogens with zero attached hydrogens (tertiary/aromatic N) is 2. The Balaban J connectivity index is 1.95. The third-order valence-electron chi connectivity index (χ3n) is 4.39. The zero-order valence-electron chi connectivity index (χ0n) is 15.4. The van der Waals surface area contributed by atoms with Gasteiger partial charge in [-0.15, -0.1) is 0 Å². The highest BCUT2D eigenvalue weighted by Crippen LogP contribution is 2.15. The van der Waals surface area contributed by atoms with Gasteiger partial charge in [0.05, 0.1) is 5.39 Å². The molecule has 2 aromatic carbocycles. The van der Waals surface area contributed by atoms with E-state index in [-0.39, 0.29) is 12.2 Å². The number of anilines is 1. The number of aryl methyl sites for hydroxylation is 2. The second-order valence-electron chi connectivity index (χ2n) is 6.28. The van der Waals surface area contributed by atoms with Gasteiger partial charge < -0.3 is 10.6 Å². The van der Waals surface area contributed by atoms with Crippen molar-refractivity contribution in [3.8, 4) is 0 Å². The van der Waals surface area contributed by atoms with Gasteiger partial charge in [-0.1, -0.05) is 24.3 Å². The van der Waals surface area contributed by atoms with Crippen molar-refractivity contribution in [2.75, 3.05) is 12.4 Å². The van der Waals surface area contributed by atoms with Gasteiger partial charge >= 0.3 is 0 Å². The number of rotatable bonds is 4. The first-order valence-corrected chi connectivity index (χ1v) is 8.49. The van der Waals surface area contributed by atoms with Gasteiger partial charge in [-0.2, -0.15) is 5.10 Å². The number of carbonyl (C=O) groups excluding carboxylic acids is 2. The molecule has 0 saturated carbocycles. The summed E-state index contributed by atoms with van der Waals surface area (Å²) in [5.41, 5.74) is 2.50. The first-order chi connectivity index (χ1) is 12.9. The molecule has 3 aromatic rings. The Morgan fingerprint density at radius 2 is 1.74 bits per heavy atom. The highest BCUT2D eigenvalue weighted by molar-refractivity contribution is 6.04. The zero-order chi connectivity index (χ0) is 19.6. The van der Waals surface area contributed by atoms with Crippen molar-refractivity contribution in [1.82, 2.24) is 15.1 Å². The molecule has 2 N–H and O–H groups in total. The van der Waals surface area contributed by atoms with E-state index < -0.39 is 17.4 Å². The Hall–Kier alpha value is -3.48. The predicted molar refractivity (Wildman–Crippen MR) is 104 cm³/mol. The van der Waals surface area contributed by atoms with Crippen molar-refractivity contribution in [2.24, 2.45) is 0 Å². The monoisotopic (exact) mass is 364 g/mol. The van der Waals surface area contributed by atoms with Crippen molar-refractivity contribution >= 4 is 28.3 Å². The number of fused-ring (bicyclic) bond motifs is 1. The summed E-state index contributed by atoms with van der Waals surface area (Å²) < 4.78 is 1.02. The highest BCUT2D eigenvalue weighted by atomic mass is 16.2. The molecule has 0 unspecified atom stereocenters. The Labute approximate surface area is 156 Å². The molecule has 0 aliphatic heterocycles. The van der Waals surface area contributed by atoms with E-state index in [0.29, 0.717) is 16.5 Å². The maximum absolute atomic E-state index is 12.7. The first-order valence-electron chi connectivity index (χ1n) is 8.49. The summed E-state index contributed by atoms with van der Waals surface area (Å²) in [7, 11) is 1.49. The topological polar surface area (TPSA) is 93.1 Å². The van der Waals surface area contributed by atoms with Crippen LogP contribution >= 0.6 is 0 Å². The average molecular weight is 364 g/mol. The van der Waals surface area contributed by atoms with Gasteiger partial charge in [0.15, 0.2) is 5.69 Å². The molecule has 0 bridgehead atoms. The fourth-order valence-corrected chi connectivity index (χ4v) is 2.78. The Kier molecular flexibility index (Phi) is 5.03. The van der Waals surface area contributed by atoms with E-state index in [0.717, 1.165) is 15.8 Å². The summed E-state index contributed by atoms with van der Waals surface area (Å²) in [6.07, 6.45) is 0. The maximum atomic E-state index is 12.7. The second kappa shape index (κ2) is 7.41. The van der Waals surface area contributed by atoms with E-state index in [9.17, 15) is 14.4 Å². The smallest absolute Gasteiger partial charge is 0.275 e. The summed E-state index contributed by atoms with van der Waals surface area (Å²) >= 11 is 0. The van der Waals surface area contributed by atoms with Crippen LogP contribution in [0.3, 0.4) is 0 Å². The maximum Gasteiger partial charge on any atom is 0.275 e. The third-order valence-corrected chi connectivity index (χ3v) is 4.39. The van der Waals surface area contributed by atoms with Crippen molar-refractivity contribution in [1.29, 1.82) is 0 Å². The minimum Gasteiger partial charge on any atom is -0.354 e. The quantitative estimate of drug-likeness (QED) is 0.741. The third kappa shape index (κ3) is 3.72. The molecule has 0 atom stereocenters. The van der Waals surface area contributed by atoms with Gasteiger partial charge in [0.25, 0.3) is 11.5 Å². The molecule has 2 amide bonds. The lowest BCUT2D eigenvalue weighted by molar-refractivity contribution is -0.117. The molecule has 1 heterocycles. The highest BCUT2D eigenvalue weighted by Gasteiger charge is 2.17. The number of amides is 2. The van der Waals surface area contributed by atoms with E-state index in [1.807, 2.05) is 26.0 Å². The van der Waals surface area contributed by atoms with Crippen LogP contribution in [0.5, 0.6) is 0 Å². The van der Waals surface area contributed by atoms with E-state index >= 15 is 0 Å². The molecule has 1 aromatic heterocycles. The first kappa shape index (κ1) is 18.3. The molecular weight excluding hydrogens is 344 g/mol. The van der Waals surface area contributed by atoms with Gasteiger partial charge in [-0.3, -0.25) is 14.4 Å². The number of benzene rings is 2. The molecule has 0 saturated heterocycles. The molecule has 0 aliphatic carbocycles. The van der Waals surface area contributed by atoms with Crippen LogP contribution < -0.4 is 16.2 Å². The summed E-state index contributed by atoms with van der Waals surface area (Å²) in [6.45, 7) is 3.65. The fourth-order valence-electron chi connectivity index (χ4n) is 2.78. The van der Waals surface area contributed by atoms with E-state index in [4.69, 9.17) is 0 Å². The van der Waals surface area contributed by atoms with Crippen LogP contribution in [0.4, 0.5) is 5.69 Å². The predicted octanol–water partition coefficient (Wildman–Crippen LogP) is 2.01. The second-order valence-corrected chi connectivity index (χ2v) is 6.28. The molecule has 0 radical (unpaired) electrons. The van der Waals surface area contributed by atoms with Crippen LogP contribution in [0, 0.1) is 13.8 Å². The molecule has 138 valence electrons. The number of carbonyl (C=O) groups is 2. The lowest BCUT2D eigenvalue weighted by Gasteiger charge is -2.11. The van der Waals surface area contributed by atoms with Crippen LogP contribution in [0.1, 0.15) is 21.6 Å². The molecule has 3 rings (SSSR count). The molecule has 0 spiro atoms. The molecule has 0 aliphatic rings. The molecule has 7 nitrogen and oxygen atoms in total. The van der Waals surface area contributed by atoms with Crippen LogP contribution in [-0.4, -0.2) is 28.6 Å². The van der Waals surface area contributed by atoms with Gasteiger partial charge in [0.1, 0.15) is 6.54 Å². The van der Waals surface area contributed by atoms with Gasteiger partial charge in [0, 0.05) is 18.1 Å². The molecular formula is C20H20N4O3. The minimum atomic E-state index is -0.423. The Morgan fingerprint density at radius 1 is 1.04 bits per heavy atom. The SMILES string of the molecule is CNC(=O)c1nn(CC(=O)Nc2ccc(C)c(C)c2)c(=O)c2ccccc12. The van der Waals surface area contributed by atoms with Crippen LogP contribution in [0.2, 0.25) is 0 Å². The normalized spacial score (nSPS) is 10.6. The van der Waals surface area contributed by atoms with Crippen molar-refractivity contribution in [2.45, 2.75) is 20.4 Å². The summed E-state index contributed by atoms with van der Waals surface area (Å²) in [5, 5.41) is 10.2. The molecule has 27 heavy (non-hydrogen) atoms. The number of aromatic nitrogens is 2. The standard InChI is InChI=1S/C20H20N4O3/c1-12-8-9-14(10-13(12)2)22-17(25)11-24-20(27)16-7-5-4-6-15(16)18(23-24)19(26)21-3/h4-10H,11H2,1-3H3,(H,21,26)(H,22,25). The fraction of sp³-hybridized carbons (Fsp3) is 0.200.